The minimum absolute atomic E-state index is 0. The van der Waals surface area contributed by atoms with Crippen molar-refractivity contribution >= 4 is 47.2 Å². The number of hydrogen-bond acceptors (Lipinski definition) is 3. The number of hydrogen-bond donors (Lipinski definition) is 2. The Morgan fingerprint density at radius 3 is 2.90 bits per heavy atom. The number of benzene rings is 1. The van der Waals surface area contributed by atoms with E-state index in [0.717, 1.165) is 62.2 Å². The zero-order valence-electron chi connectivity index (χ0n) is 17.2. The largest absolute Gasteiger partial charge is 0.371 e. The first kappa shape index (κ1) is 23.7. The highest BCUT2D eigenvalue weighted by molar-refractivity contribution is 14.0. The standard InChI is InChI=1S/C22H30ClN5.HI/c1-3-24-22(26-12-9-20-6-4-5-11-25-20)27-15-18-10-13-28(16-18)21-14-19(23)8-7-17(21)2;/h4-8,11,14,18H,3,9-10,12-13,15-16H2,1-2H3,(H2,24,26,27);1H. The van der Waals surface area contributed by atoms with Gasteiger partial charge in [-0.1, -0.05) is 23.7 Å². The fraction of sp³-hybridized carbons (Fsp3) is 0.455. The quantitative estimate of drug-likeness (QED) is 0.321. The summed E-state index contributed by atoms with van der Waals surface area (Å²) in [4.78, 5) is 11.6. The van der Waals surface area contributed by atoms with Gasteiger partial charge in [0.15, 0.2) is 5.96 Å². The number of aryl methyl sites for hydroxylation is 1. The molecule has 1 aliphatic heterocycles. The molecule has 1 aliphatic rings. The first-order valence-electron chi connectivity index (χ1n) is 10.1. The van der Waals surface area contributed by atoms with Gasteiger partial charge >= 0.3 is 0 Å². The smallest absolute Gasteiger partial charge is 0.191 e. The molecule has 1 unspecified atom stereocenters. The third-order valence-electron chi connectivity index (χ3n) is 5.05. The summed E-state index contributed by atoms with van der Waals surface area (Å²) in [5.74, 6) is 1.44. The Labute approximate surface area is 196 Å². The number of halogens is 2. The molecule has 1 fully saturated rings. The van der Waals surface area contributed by atoms with Crippen molar-refractivity contribution in [1.29, 1.82) is 0 Å². The van der Waals surface area contributed by atoms with Gasteiger partial charge in [-0.05, 0) is 56.0 Å². The maximum atomic E-state index is 6.19. The van der Waals surface area contributed by atoms with Gasteiger partial charge in [-0.2, -0.15) is 0 Å². The summed E-state index contributed by atoms with van der Waals surface area (Å²) in [5.41, 5.74) is 3.62. The molecule has 5 nitrogen and oxygen atoms in total. The summed E-state index contributed by atoms with van der Waals surface area (Å²) in [6.45, 7) is 8.83. The lowest BCUT2D eigenvalue weighted by Crippen LogP contribution is -2.38. The minimum atomic E-state index is 0. The molecule has 1 aromatic heterocycles. The van der Waals surface area contributed by atoms with E-state index < -0.39 is 0 Å². The van der Waals surface area contributed by atoms with Crippen LogP contribution in [0.1, 0.15) is 24.6 Å². The normalized spacial score (nSPS) is 16.4. The molecule has 3 rings (SSSR count). The highest BCUT2D eigenvalue weighted by Crippen LogP contribution is 2.29. The number of nitrogens with one attached hydrogen (secondary N) is 2. The number of rotatable bonds is 7. The first-order chi connectivity index (χ1) is 13.7. The van der Waals surface area contributed by atoms with Crippen molar-refractivity contribution in [3.63, 3.8) is 0 Å². The van der Waals surface area contributed by atoms with Crippen LogP contribution in [-0.4, -0.2) is 43.7 Å². The summed E-state index contributed by atoms with van der Waals surface area (Å²) in [5, 5.41) is 7.56. The zero-order valence-corrected chi connectivity index (χ0v) is 20.3. The van der Waals surface area contributed by atoms with Gasteiger partial charge in [0.25, 0.3) is 0 Å². The lowest BCUT2D eigenvalue weighted by Gasteiger charge is -2.21. The number of pyridine rings is 1. The Morgan fingerprint density at radius 2 is 2.14 bits per heavy atom. The molecule has 2 aromatic rings. The summed E-state index contributed by atoms with van der Waals surface area (Å²) in [7, 11) is 0. The fourth-order valence-electron chi connectivity index (χ4n) is 3.54. The lowest BCUT2D eigenvalue weighted by atomic mass is 10.1. The highest BCUT2D eigenvalue weighted by Gasteiger charge is 2.23. The predicted octanol–water partition coefficient (Wildman–Crippen LogP) is 4.29. The molecule has 0 aliphatic carbocycles. The van der Waals surface area contributed by atoms with E-state index >= 15 is 0 Å². The molecule has 2 N–H and O–H groups in total. The van der Waals surface area contributed by atoms with Crippen LogP contribution in [-0.2, 0) is 6.42 Å². The van der Waals surface area contributed by atoms with Crippen LogP contribution in [0.25, 0.3) is 0 Å². The zero-order chi connectivity index (χ0) is 19.8. The predicted molar refractivity (Wildman–Crippen MR) is 134 cm³/mol. The molecule has 0 bridgehead atoms. The Kier molecular flexibility index (Phi) is 10.0. The summed E-state index contributed by atoms with van der Waals surface area (Å²) in [6.07, 6.45) is 3.88. The molecule has 158 valence electrons. The van der Waals surface area contributed by atoms with Crippen LogP contribution in [0, 0.1) is 12.8 Å². The van der Waals surface area contributed by atoms with Crippen molar-refractivity contribution < 1.29 is 0 Å². The molecule has 0 amide bonds. The molecular formula is C22H31ClIN5. The van der Waals surface area contributed by atoms with Gasteiger partial charge in [-0.15, -0.1) is 24.0 Å². The Hall–Kier alpha value is -1.54. The lowest BCUT2D eigenvalue weighted by molar-refractivity contribution is 0.599. The Morgan fingerprint density at radius 1 is 1.28 bits per heavy atom. The van der Waals surface area contributed by atoms with Crippen molar-refractivity contribution in [3.8, 4) is 0 Å². The molecule has 0 radical (unpaired) electrons. The van der Waals surface area contributed by atoms with Crippen molar-refractivity contribution in [3.05, 3.63) is 58.9 Å². The Balaban J connectivity index is 0.00000300. The second-order valence-corrected chi connectivity index (χ2v) is 7.69. The van der Waals surface area contributed by atoms with Crippen molar-refractivity contribution in [2.24, 2.45) is 10.9 Å². The van der Waals surface area contributed by atoms with Gasteiger partial charge < -0.3 is 15.5 Å². The van der Waals surface area contributed by atoms with E-state index in [1.165, 1.54) is 11.3 Å². The fourth-order valence-corrected chi connectivity index (χ4v) is 3.71. The van der Waals surface area contributed by atoms with Crippen molar-refractivity contribution in [2.75, 3.05) is 37.6 Å². The van der Waals surface area contributed by atoms with Crippen LogP contribution in [0.3, 0.4) is 0 Å². The van der Waals surface area contributed by atoms with E-state index in [1.54, 1.807) is 0 Å². The molecule has 1 saturated heterocycles. The van der Waals surface area contributed by atoms with Crippen molar-refractivity contribution in [1.82, 2.24) is 15.6 Å². The average Bonchev–Trinajstić information content (AvgIpc) is 3.17. The third kappa shape index (κ3) is 7.33. The molecule has 0 spiro atoms. The highest BCUT2D eigenvalue weighted by atomic mass is 127. The van der Waals surface area contributed by atoms with E-state index in [2.05, 4.69) is 52.6 Å². The number of anilines is 1. The number of aromatic nitrogens is 1. The molecule has 7 heteroatoms. The topological polar surface area (TPSA) is 52.6 Å². The van der Waals surface area contributed by atoms with E-state index in [9.17, 15) is 0 Å². The van der Waals surface area contributed by atoms with Gasteiger partial charge in [-0.3, -0.25) is 9.98 Å². The minimum Gasteiger partial charge on any atom is -0.371 e. The molecule has 2 heterocycles. The van der Waals surface area contributed by atoms with Gasteiger partial charge in [0.2, 0.25) is 0 Å². The van der Waals surface area contributed by atoms with Crippen molar-refractivity contribution in [2.45, 2.75) is 26.7 Å². The molecule has 1 aromatic carbocycles. The van der Waals surface area contributed by atoms with Gasteiger partial charge in [-0.25, -0.2) is 0 Å². The SMILES string of the molecule is CCNC(=NCC1CCN(c2cc(Cl)ccc2C)C1)NCCc1ccccn1.I. The van der Waals surface area contributed by atoms with E-state index in [4.69, 9.17) is 16.6 Å². The van der Waals surface area contributed by atoms with Gasteiger partial charge in [0.1, 0.15) is 0 Å². The second-order valence-electron chi connectivity index (χ2n) is 7.25. The van der Waals surface area contributed by atoms with Crippen LogP contribution in [0.5, 0.6) is 0 Å². The number of aliphatic imine (C=N–C) groups is 1. The third-order valence-corrected chi connectivity index (χ3v) is 5.28. The maximum absolute atomic E-state index is 6.19. The van der Waals surface area contributed by atoms with E-state index in [-0.39, 0.29) is 24.0 Å². The van der Waals surface area contributed by atoms with Crippen LogP contribution >= 0.6 is 35.6 Å². The average molecular weight is 528 g/mol. The molecule has 1 atom stereocenters. The van der Waals surface area contributed by atoms with Crippen LogP contribution in [0.4, 0.5) is 5.69 Å². The molecule has 0 saturated carbocycles. The maximum Gasteiger partial charge on any atom is 0.191 e. The summed E-state index contributed by atoms with van der Waals surface area (Å²) >= 11 is 6.19. The van der Waals surface area contributed by atoms with Gasteiger partial charge in [0.05, 0.1) is 0 Å². The number of guanidine groups is 1. The van der Waals surface area contributed by atoms with Gasteiger partial charge in [0, 0.05) is 61.7 Å². The molecular weight excluding hydrogens is 497 g/mol. The Bertz CT molecular complexity index is 784. The summed E-state index contributed by atoms with van der Waals surface area (Å²) in [6, 6.07) is 12.1. The first-order valence-corrected chi connectivity index (χ1v) is 10.5. The van der Waals surface area contributed by atoms with Crippen LogP contribution in [0.15, 0.2) is 47.6 Å². The molecule has 29 heavy (non-hydrogen) atoms. The van der Waals surface area contributed by atoms with E-state index in [0.29, 0.717) is 5.92 Å². The monoisotopic (exact) mass is 527 g/mol. The van der Waals surface area contributed by atoms with Crippen LogP contribution in [0.2, 0.25) is 5.02 Å². The van der Waals surface area contributed by atoms with Crippen LogP contribution < -0.4 is 15.5 Å². The summed E-state index contributed by atoms with van der Waals surface area (Å²) < 4.78 is 0. The van der Waals surface area contributed by atoms with E-state index in [1.807, 2.05) is 24.4 Å². The number of nitrogens with zero attached hydrogens (tertiary/aromatic N) is 3. The second kappa shape index (κ2) is 12.2.